The molecule has 0 aliphatic carbocycles. The van der Waals surface area contributed by atoms with E-state index in [-0.39, 0.29) is 5.92 Å². The number of carbonyl (C=O) groups is 2. The SMILES string of the molecule is CC(C)C[C@H](NC(=O)C(C)O)C(=O)O. The molecule has 5 heteroatoms. The largest absolute Gasteiger partial charge is 0.480 e. The summed E-state index contributed by atoms with van der Waals surface area (Å²) < 4.78 is 0. The number of hydrogen-bond acceptors (Lipinski definition) is 3. The summed E-state index contributed by atoms with van der Waals surface area (Å²) >= 11 is 0. The van der Waals surface area contributed by atoms with Gasteiger partial charge < -0.3 is 15.5 Å². The highest BCUT2D eigenvalue weighted by atomic mass is 16.4. The fourth-order valence-corrected chi connectivity index (χ4v) is 0.985. The fourth-order valence-electron chi connectivity index (χ4n) is 0.985. The van der Waals surface area contributed by atoms with Gasteiger partial charge in [0.25, 0.3) is 0 Å². The Morgan fingerprint density at radius 1 is 1.29 bits per heavy atom. The Morgan fingerprint density at radius 3 is 2.07 bits per heavy atom. The lowest BCUT2D eigenvalue weighted by atomic mass is 10.0. The molecule has 0 radical (unpaired) electrons. The molecule has 0 aromatic carbocycles. The third kappa shape index (κ3) is 4.81. The van der Waals surface area contributed by atoms with E-state index in [4.69, 9.17) is 10.2 Å². The van der Waals surface area contributed by atoms with Crippen molar-refractivity contribution < 1.29 is 19.8 Å². The molecule has 0 heterocycles. The molecule has 2 atom stereocenters. The van der Waals surface area contributed by atoms with Crippen LogP contribution in [0.3, 0.4) is 0 Å². The zero-order chi connectivity index (χ0) is 11.3. The van der Waals surface area contributed by atoms with Gasteiger partial charge in [0, 0.05) is 0 Å². The molecule has 0 fully saturated rings. The first-order valence-corrected chi connectivity index (χ1v) is 4.55. The van der Waals surface area contributed by atoms with Gasteiger partial charge in [-0.3, -0.25) is 4.79 Å². The minimum absolute atomic E-state index is 0.172. The minimum Gasteiger partial charge on any atom is -0.480 e. The molecule has 0 spiro atoms. The zero-order valence-electron chi connectivity index (χ0n) is 8.65. The first-order chi connectivity index (χ1) is 6.34. The Kier molecular flexibility index (Phi) is 5.15. The summed E-state index contributed by atoms with van der Waals surface area (Å²) in [4.78, 5) is 21.7. The number of amides is 1. The number of aliphatic hydroxyl groups is 1. The van der Waals surface area contributed by atoms with Crippen molar-refractivity contribution in [3.05, 3.63) is 0 Å². The minimum atomic E-state index is -1.18. The Labute approximate surface area is 83.1 Å². The topological polar surface area (TPSA) is 86.6 Å². The van der Waals surface area contributed by atoms with Crippen molar-refractivity contribution in [2.45, 2.75) is 39.3 Å². The van der Waals surface area contributed by atoms with E-state index in [1.807, 2.05) is 13.8 Å². The standard InChI is InChI=1S/C9H17NO4/c1-5(2)4-7(9(13)14)10-8(12)6(3)11/h5-7,11H,4H2,1-3H3,(H,10,12)(H,13,14)/t6?,7-/m0/s1. The summed E-state index contributed by atoms with van der Waals surface area (Å²) in [5.74, 6) is -1.56. The van der Waals surface area contributed by atoms with Crippen molar-refractivity contribution in [1.82, 2.24) is 5.32 Å². The molecule has 82 valence electrons. The molecule has 1 amide bonds. The summed E-state index contributed by atoms with van der Waals surface area (Å²) in [5.41, 5.74) is 0. The van der Waals surface area contributed by atoms with Crippen LogP contribution in [0.5, 0.6) is 0 Å². The Balaban J connectivity index is 4.23. The first-order valence-electron chi connectivity index (χ1n) is 4.55. The molecule has 1 unspecified atom stereocenters. The van der Waals surface area contributed by atoms with Crippen LogP contribution < -0.4 is 5.32 Å². The van der Waals surface area contributed by atoms with Crippen LogP contribution in [0.15, 0.2) is 0 Å². The summed E-state index contributed by atoms with van der Waals surface area (Å²) in [7, 11) is 0. The average Bonchev–Trinajstić information content (AvgIpc) is 2.01. The molecule has 0 aliphatic rings. The lowest BCUT2D eigenvalue weighted by Crippen LogP contribution is -2.45. The van der Waals surface area contributed by atoms with Gasteiger partial charge in [-0.2, -0.15) is 0 Å². The third-order valence-electron chi connectivity index (χ3n) is 1.70. The number of aliphatic carboxylic acids is 1. The highest BCUT2D eigenvalue weighted by Gasteiger charge is 2.22. The van der Waals surface area contributed by atoms with Crippen LogP contribution in [0.1, 0.15) is 27.2 Å². The molecule has 3 N–H and O–H groups in total. The second kappa shape index (κ2) is 5.59. The van der Waals surface area contributed by atoms with Crippen LogP contribution in [0.4, 0.5) is 0 Å². The molecule has 0 rings (SSSR count). The zero-order valence-corrected chi connectivity index (χ0v) is 8.65. The lowest BCUT2D eigenvalue weighted by molar-refractivity contribution is -0.143. The van der Waals surface area contributed by atoms with E-state index in [0.717, 1.165) is 0 Å². The molecule has 0 aliphatic heterocycles. The number of rotatable bonds is 5. The van der Waals surface area contributed by atoms with E-state index in [1.165, 1.54) is 6.92 Å². The molecule has 0 aromatic heterocycles. The molecular weight excluding hydrogens is 186 g/mol. The van der Waals surface area contributed by atoms with Crippen molar-refractivity contribution in [3.8, 4) is 0 Å². The van der Waals surface area contributed by atoms with Crippen molar-refractivity contribution in [2.24, 2.45) is 5.92 Å². The smallest absolute Gasteiger partial charge is 0.326 e. The quantitative estimate of drug-likeness (QED) is 0.586. The normalized spacial score (nSPS) is 14.9. The van der Waals surface area contributed by atoms with Gasteiger partial charge in [0.1, 0.15) is 12.1 Å². The predicted molar refractivity (Wildman–Crippen MR) is 50.7 cm³/mol. The summed E-state index contributed by atoms with van der Waals surface area (Å²) in [6.45, 7) is 5.03. The van der Waals surface area contributed by atoms with Gasteiger partial charge >= 0.3 is 5.97 Å². The number of carboxylic acids is 1. The Morgan fingerprint density at radius 2 is 1.79 bits per heavy atom. The van der Waals surface area contributed by atoms with Crippen LogP contribution >= 0.6 is 0 Å². The first kappa shape index (κ1) is 12.9. The van der Waals surface area contributed by atoms with E-state index < -0.39 is 24.0 Å². The molecule has 5 nitrogen and oxygen atoms in total. The molecule has 0 saturated carbocycles. The van der Waals surface area contributed by atoms with Crippen LogP contribution in [-0.4, -0.2) is 34.2 Å². The van der Waals surface area contributed by atoms with Gasteiger partial charge in [-0.25, -0.2) is 4.79 Å². The van der Waals surface area contributed by atoms with E-state index in [9.17, 15) is 9.59 Å². The maximum Gasteiger partial charge on any atom is 0.326 e. The molecule has 0 aromatic rings. The molecule has 0 bridgehead atoms. The van der Waals surface area contributed by atoms with Crippen LogP contribution in [0.2, 0.25) is 0 Å². The highest BCUT2D eigenvalue weighted by Crippen LogP contribution is 2.05. The molecular formula is C9H17NO4. The number of carboxylic acid groups (broad SMARTS) is 1. The van der Waals surface area contributed by atoms with Crippen molar-refractivity contribution in [2.75, 3.05) is 0 Å². The number of aliphatic hydroxyl groups excluding tert-OH is 1. The number of carbonyl (C=O) groups excluding carboxylic acids is 1. The van der Waals surface area contributed by atoms with Gasteiger partial charge in [-0.05, 0) is 19.3 Å². The summed E-state index contributed by atoms with van der Waals surface area (Å²) in [6.07, 6.45) is -0.822. The van der Waals surface area contributed by atoms with Gasteiger partial charge in [0.15, 0.2) is 0 Å². The van der Waals surface area contributed by atoms with Crippen molar-refractivity contribution >= 4 is 11.9 Å². The molecule has 14 heavy (non-hydrogen) atoms. The maximum atomic E-state index is 11.0. The predicted octanol–water partition coefficient (Wildman–Crippen LogP) is -0.0173. The van der Waals surface area contributed by atoms with Crippen LogP contribution in [0.25, 0.3) is 0 Å². The van der Waals surface area contributed by atoms with Crippen LogP contribution in [-0.2, 0) is 9.59 Å². The van der Waals surface area contributed by atoms with Crippen molar-refractivity contribution in [1.29, 1.82) is 0 Å². The fraction of sp³-hybridized carbons (Fsp3) is 0.778. The highest BCUT2D eigenvalue weighted by molar-refractivity contribution is 5.85. The van der Waals surface area contributed by atoms with E-state index in [1.54, 1.807) is 0 Å². The second-order valence-electron chi connectivity index (χ2n) is 3.70. The maximum absolute atomic E-state index is 11.0. The Hall–Kier alpha value is -1.10. The second-order valence-corrected chi connectivity index (χ2v) is 3.70. The van der Waals surface area contributed by atoms with Crippen molar-refractivity contribution in [3.63, 3.8) is 0 Å². The third-order valence-corrected chi connectivity index (χ3v) is 1.70. The van der Waals surface area contributed by atoms with Gasteiger partial charge in [-0.1, -0.05) is 13.8 Å². The summed E-state index contributed by atoms with van der Waals surface area (Å²) in [6, 6.07) is -0.919. The average molecular weight is 203 g/mol. The number of hydrogen-bond donors (Lipinski definition) is 3. The lowest BCUT2D eigenvalue weighted by Gasteiger charge is -2.17. The van der Waals surface area contributed by atoms with Gasteiger partial charge in [0.05, 0.1) is 0 Å². The van der Waals surface area contributed by atoms with Crippen LogP contribution in [0, 0.1) is 5.92 Å². The number of nitrogens with one attached hydrogen (secondary N) is 1. The summed E-state index contributed by atoms with van der Waals surface area (Å²) in [5, 5.41) is 19.9. The van der Waals surface area contributed by atoms with E-state index >= 15 is 0 Å². The van der Waals surface area contributed by atoms with E-state index in [0.29, 0.717) is 6.42 Å². The monoisotopic (exact) mass is 203 g/mol. The van der Waals surface area contributed by atoms with Gasteiger partial charge in [-0.15, -0.1) is 0 Å². The molecule has 0 saturated heterocycles. The van der Waals surface area contributed by atoms with Gasteiger partial charge in [0.2, 0.25) is 5.91 Å². The van der Waals surface area contributed by atoms with E-state index in [2.05, 4.69) is 5.32 Å². The Bertz CT molecular complexity index is 213.